The number of fused-ring (bicyclic) bond motifs is 1. The zero-order valence-electron chi connectivity index (χ0n) is 16.9. The average molecular weight is 411 g/mol. The Bertz CT molecular complexity index is 1260. The molecule has 2 N–H and O–H groups in total. The number of carboxylic acid groups (broad SMARTS) is 1. The molecule has 4 aromatic rings. The van der Waals surface area contributed by atoms with E-state index in [2.05, 4.69) is 5.32 Å². The van der Waals surface area contributed by atoms with Crippen LogP contribution in [-0.2, 0) is 4.79 Å². The first-order valence-electron chi connectivity index (χ1n) is 9.92. The van der Waals surface area contributed by atoms with Crippen LogP contribution in [0.4, 0.5) is 5.69 Å². The minimum Gasteiger partial charge on any atom is -0.478 e. The Morgan fingerprint density at radius 2 is 1.45 bits per heavy atom. The van der Waals surface area contributed by atoms with Gasteiger partial charge in [0.2, 0.25) is 5.91 Å². The zero-order valence-corrected chi connectivity index (χ0v) is 16.9. The van der Waals surface area contributed by atoms with Gasteiger partial charge in [-0.3, -0.25) is 4.79 Å². The lowest BCUT2D eigenvalue weighted by Crippen LogP contribution is -2.19. The Kier molecular flexibility index (Phi) is 5.67. The van der Waals surface area contributed by atoms with Crippen LogP contribution in [0.3, 0.4) is 0 Å². The highest BCUT2D eigenvalue weighted by atomic mass is 16.5. The van der Waals surface area contributed by atoms with Gasteiger partial charge in [0, 0.05) is 0 Å². The molecule has 0 aliphatic heterocycles. The standard InChI is InChI=1S/C26H21NO4/c1-17(19-13-8-10-18-9-2-3-11-20(18)19)25(28)27-22-14-5-7-16-24(22)31-23-15-6-4-12-21(23)26(29)30/h2-17H,1H3,(H,27,28)(H,29,30). The highest BCUT2D eigenvalue weighted by Gasteiger charge is 2.20. The number of amides is 1. The van der Waals surface area contributed by atoms with Gasteiger partial charge in [-0.25, -0.2) is 4.79 Å². The maximum atomic E-state index is 13.1. The first kappa shape index (κ1) is 20.2. The minimum atomic E-state index is -1.08. The summed E-state index contributed by atoms with van der Waals surface area (Å²) in [5.74, 6) is -1.08. The van der Waals surface area contributed by atoms with Crippen LogP contribution in [0.5, 0.6) is 11.5 Å². The number of carbonyl (C=O) groups is 2. The third kappa shape index (κ3) is 4.26. The number of ether oxygens (including phenoxy) is 1. The summed E-state index contributed by atoms with van der Waals surface area (Å²) < 4.78 is 5.86. The Labute approximate surface area is 179 Å². The van der Waals surface area contributed by atoms with Crippen molar-refractivity contribution in [3.8, 4) is 11.5 Å². The molecular formula is C26H21NO4. The Balaban J connectivity index is 1.60. The van der Waals surface area contributed by atoms with Gasteiger partial charge in [0.25, 0.3) is 0 Å². The maximum Gasteiger partial charge on any atom is 0.339 e. The topological polar surface area (TPSA) is 75.6 Å². The Morgan fingerprint density at radius 1 is 0.806 bits per heavy atom. The zero-order chi connectivity index (χ0) is 21.8. The van der Waals surface area contributed by atoms with Crippen molar-refractivity contribution < 1.29 is 19.4 Å². The second-order valence-electron chi connectivity index (χ2n) is 7.18. The van der Waals surface area contributed by atoms with Crippen molar-refractivity contribution in [2.75, 3.05) is 5.32 Å². The van der Waals surface area contributed by atoms with Crippen molar-refractivity contribution in [3.63, 3.8) is 0 Å². The van der Waals surface area contributed by atoms with Gasteiger partial charge in [-0.1, -0.05) is 66.7 Å². The van der Waals surface area contributed by atoms with Crippen molar-refractivity contribution in [1.82, 2.24) is 0 Å². The summed E-state index contributed by atoms with van der Waals surface area (Å²) in [5.41, 5.74) is 1.46. The molecule has 0 saturated carbocycles. The predicted octanol–water partition coefficient (Wildman–Crippen LogP) is 6.07. The normalized spacial score (nSPS) is 11.6. The molecule has 1 amide bonds. The largest absolute Gasteiger partial charge is 0.478 e. The van der Waals surface area contributed by atoms with Crippen LogP contribution >= 0.6 is 0 Å². The quantitative estimate of drug-likeness (QED) is 0.404. The summed E-state index contributed by atoms with van der Waals surface area (Å²) in [6, 6.07) is 27.2. The second-order valence-corrected chi connectivity index (χ2v) is 7.18. The average Bonchev–Trinajstić information content (AvgIpc) is 2.79. The van der Waals surface area contributed by atoms with Gasteiger partial charge in [0.05, 0.1) is 11.6 Å². The molecule has 0 heterocycles. The molecule has 1 unspecified atom stereocenters. The molecule has 0 saturated heterocycles. The number of aromatic carboxylic acids is 1. The number of para-hydroxylation sites is 3. The van der Waals surface area contributed by atoms with E-state index < -0.39 is 11.9 Å². The highest BCUT2D eigenvalue weighted by molar-refractivity contribution is 6.00. The molecule has 4 rings (SSSR count). The van der Waals surface area contributed by atoms with Crippen molar-refractivity contribution in [2.24, 2.45) is 0 Å². The first-order chi connectivity index (χ1) is 15.0. The van der Waals surface area contributed by atoms with Crippen molar-refractivity contribution in [1.29, 1.82) is 0 Å². The number of carboxylic acids is 1. The lowest BCUT2D eigenvalue weighted by Gasteiger charge is -2.17. The summed E-state index contributed by atoms with van der Waals surface area (Å²) in [4.78, 5) is 24.6. The fraction of sp³-hybridized carbons (Fsp3) is 0.0769. The fourth-order valence-electron chi connectivity index (χ4n) is 3.52. The summed E-state index contributed by atoms with van der Waals surface area (Å²) >= 11 is 0. The van der Waals surface area contributed by atoms with E-state index in [1.165, 1.54) is 6.07 Å². The third-order valence-electron chi connectivity index (χ3n) is 5.17. The monoisotopic (exact) mass is 411 g/mol. The lowest BCUT2D eigenvalue weighted by molar-refractivity contribution is -0.117. The molecule has 0 bridgehead atoms. The van der Waals surface area contributed by atoms with Gasteiger partial charge in [0.1, 0.15) is 11.3 Å². The van der Waals surface area contributed by atoms with Gasteiger partial charge >= 0.3 is 5.97 Å². The lowest BCUT2D eigenvalue weighted by atomic mass is 9.94. The Hall–Kier alpha value is -4.12. The molecule has 31 heavy (non-hydrogen) atoms. The number of hydrogen-bond acceptors (Lipinski definition) is 3. The Morgan fingerprint density at radius 3 is 2.26 bits per heavy atom. The molecule has 154 valence electrons. The SMILES string of the molecule is CC(C(=O)Nc1ccccc1Oc1ccccc1C(=O)O)c1cccc2ccccc12. The molecule has 1 atom stereocenters. The van der Waals surface area contributed by atoms with Crippen molar-refractivity contribution in [2.45, 2.75) is 12.8 Å². The van der Waals surface area contributed by atoms with Crippen LogP contribution in [0.15, 0.2) is 91.0 Å². The molecule has 4 aromatic carbocycles. The number of hydrogen-bond donors (Lipinski definition) is 2. The summed E-state index contributed by atoms with van der Waals surface area (Å²) in [7, 11) is 0. The molecule has 0 aliphatic carbocycles. The minimum absolute atomic E-state index is 0.0488. The highest BCUT2D eigenvalue weighted by Crippen LogP contribution is 2.33. The predicted molar refractivity (Wildman–Crippen MR) is 121 cm³/mol. The number of nitrogens with one attached hydrogen (secondary N) is 1. The number of benzene rings is 4. The number of rotatable bonds is 6. The molecule has 0 radical (unpaired) electrons. The van der Waals surface area contributed by atoms with Gasteiger partial charge in [-0.05, 0) is 47.5 Å². The van der Waals surface area contributed by atoms with Crippen LogP contribution < -0.4 is 10.1 Å². The van der Waals surface area contributed by atoms with E-state index in [0.29, 0.717) is 11.4 Å². The summed E-state index contributed by atoms with van der Waals surface area (Å²) in [6.07, 6.45) is 0. The van der Waals surface area contributed by atoms with E-state index in [0.717, 1.165) is 16.3 Å². The smallest absolute Gasteiger partial charge is 0.339 e. The van der Waals surface area contributed by atoms with Crippen molar-refractivity contribution >= 4 is 28.3 Å². The molecule has 5 heteroatoms. The van der Waals surface area contributed by atoms with Crippen LogP contribution in [0.25, 0.3) is 10.8 Å². The first-order valence-corrected chi connectivity index (χ1v) is 9.92. The van der Waals surface area contributed by atoms with E-state index in [1.807, 2.05) is 49.4 Å². The van der Waals surface area contributed by atoms with Crippen LogP contribution in [-0.4, -0.2) is 17.0 Å². The molecule has 0 aromatic heterocycles. The van der Waals surface area contributed by atoms with Crippen LogP contribution in [0.1, 0.15) is 28.8 Å². The van der Waals surface area contributed by atoms with Crippen LogP contribution in [0.2, 0.25) is 0 Å². The maximum absolute atomic E-state index is 13.1. The molecular weight excluding hydrogens is 390 g/mol. The van der Waals surface area contributed by atoms with Gasteiger partial charge in [0.15, 0.2) is 5.75 Å². The van der Waals surface area contributed by atoms with Gasteiger partial charge in [-0.2, -0.15) is 0 Å². The van der Waals surface area contributed by atoms with E-state index in [-0.39, 0.29) is 17.2 Å². The number of carbonyl (C=O) groups excluding carboxylic acids is 1. The summed E-state index contributed by atoms with van der Waals surface area (Å²) in [5, 5.41) is 14.4. The van der Waals surface area contributed by atoms with Gasteiger partial charge < -0.3 is 15.2 Å². The molecule has 0 spiro atoms. The second kappa shape index (κ2) is 8.71. The summed E-state index contributed by atoms with van der Waals surface area (Å²) in [6.45, 7) is 1.86. The van der Waals surface area contributed by atoms with E-state index in [1.54, 1.807) is 42.5 Å². The third-order valence-corrected chi connectivity index (χ3v) is 5.17. The molecule has 5 nitrogen and oxygen atoms in total. The number of anilines is 1. The van der Waals surface area contributed by atoms with Crippen molar-refractivity contribution in [3.05, 3.63) is 102 Å². The molecule has 0 aliphatic rings. The molecule has 0 fully saturated rings. The van der Waals surface area contributed by atoms with Gasteiger partial charge in [-0.15, -0.1) is 0 Å². The van der Waals surface area contributed by atoms with Crippen LogP contribution in [0, 0.1) is 0 Å². The van der Waals surface area contributed by atoms with E-state index in [4.69, 9.17) is 4.74 Å². The van der Waals surface area contributed by atoms with E-state index >= 15 is 0 Å². The fourth-order valence-corrected chi connectivity index (χ4v) is 3.52. The van der Waals surface area contributed by atoms with E-state index in [9.17, 15) is 14.7 Å².